The molecule has 2 aromatic carbocycles. The Morgan fingerprint density at radius 2 is 1.70 bits per heavy atom. The average Bonchev–Trinajstić information content (AvgIpc) is 3.36. The van der Waals surface area contributed by atoms with Crippen molar-refractivity contribution in [2.24, 2.45) is 0 Å². The number of fused-ring (bicyclic) bond motifs is 2. The number of nitrogens with zero attached hydrogens (tertiary/aromatic N) is 3. The molecule has 0 bridgehead atoms. The number of rotatable bonds is 6. The van der Waals surface area contributed by atoms with Gasteiger partial charge in [0, 0.05) is 17.6 Å². The molecule has 0 atom stereocenters. The van der Waals surface area contributed by atoms with Crippen LogP contribution in [0.4, 0.5) is 0 Å². The minimum Gasteiger partial charge on any atom is -0.349 e. The van der Waals surface area contributed by atoms with Crippen LogP contribution in [0.1, 0.15) is 86.4 Å². The van der Waals surface area contributed by atoms with Crippen LogP contribution >= 0.6 is 11.8 Å². The minimum absolute atomic E-state index is 0.0109. The molecule has 1 amide bonds. The molecule has 2 saturated carbocycles. The molecule has 2 fully saturated rings. The summed E-state index contributed by atoms with van der Waals surface area (Å²) in [6.45, 7) is 0. The fourth-order valence-corrected chi connectivity index (χ4v) is 6.74. The highest BCUT2D eigenvalue weighted by atomic mass is 32.2. The number of aromatic nitrogens is 4. The maximum atomic E-state index is 13.8. The number of para-hydroxylation sites is 2. The van der Waals surface area contributed by atoms with E-state index in [4.69, 9.17) is 9.97 Å². The first-order valence-corrected chi connectivity index (χ1v) is 14.6. The molecule has 2 heterocycles. The quantitative estimate of drug-likeness (QED) is 0.238. The largest absolute Gasteiger partial charge is 0.349 e. The summed E-state index contributed by atoms with van der Waals surface area (Å²) in [5.74, 6) is 1.36. The first kappa shape index (κ1) is 24.2. The van der Waals surface area contributed by atoms with E-state index in [0.717, 1.165) is 68.2 Å². The number of aromatic amines is 1. The Balaban J connectivity index is 1.33. The second-order valence-electron chi connectivity index (χ2n) is 10.4. The number of amides is 1. The van der Waals surface area contributed by atoms with Crippen LogP contribution in [0.3, 0.4) is 0 Å². The van der Waals surface area contributed by atoms with Gasteiger partial charge >= 0.3 is 0 Å². The van der Waals surface area contributed by atoms with Gasteiger partial charge in [-0.3, -0.25) is 14.2 Å². The summed E-state index contributed by atoms with van der Waals surface area (Å²) in [5, 5.41) is 4.46. The highest BCUT2D eigenvalue weighted by molar-refractivity contribution is 7.98. The van der Waals surface area contributed by atoms with Crippen molar-refractivity contribution in [3.8, 4) is 0 Å². The van der Waals surface area contributed by atoms with Crippen molar-refractivity contribution in [3.63, 3.8) is 0 Å². The summed E-state index contributed by atoms with van der Waals surface area (Å²) < 4.78 is 1.91. The Hall–Kier alpha value is -3.13. The van der Waals surface area contributed by atoms with Gasteiger partial charge in [0.25, 0.3) is 11.5 Å². The van der Waals surface area contributed by atoms with Gasteiger partial charge in [-0.15, -0.1) is 0 Å². The molecule has 0 unspecified atom stereocenters. The zero-order valence-electron chi connectivity index (χ0n) is 21.0. The van der Waals surface area contributed by atoms with Gasteiger partial charge in [0.05, 0.1) is 27.7 Å². The van der Waals surface area contributed by atoms with Gasteiger partial charge in [-0.2, -0.15) is 0 Å². The molecule has 0 spiro atoms. The van der Waals surface area contributed by atoms with Crippen LogP contribution in [0.25, 0.3) is 21.9 Å². The maximum absolute atomic E-state index is 13.8. The summed E-state index contributed by atoms with van der Waals surface area (Å²) in [6.07, 6.45) is 11.1. The number of nitrogens with one attached hydrogen (secondary N) is 2. The highest BCUT2D eigenvalue weighted by Crippen LogP contribution is 2.32. The molecule has 8 heteroatoms. The summed E-state index contributed by atoms with van der Waals surface area (Å²) in [7, 11) is 0. The zero-order chi connectivity index (χ0) is 25.2. The van der Waals surface area contributed by atoms with Gasteiger partial charge in [0.15, 0.2) is 5.16 Å². The molecule has 6 rings (SSSR count). The van der Waals surface area contributed by atoms with Gasteiger partial charge in [-0.1, -0.05) is 62.4 Å². The van der Waals surface area contributed by atoms with Gasteiger partial charge in [-0.05, 0) is 56.0 Å². The van der Waals surface area contributed by atoms with Crippen LogP contribution in [0.2, 0.25) is 0 Å². The zero-order valence-corrected chi connectivity index (χ0v) is 21.9. The number of hydrogen-bond donors (Lipinski definition) is 2. The second kappa shape index (κ2) is 10.7. The van der Waals surface area contributed by atoms with E-state index in [9.17, 15) is 9.59 Å². The van der Waals surface area contributed by atoms with Crippen LogP contribution in [0.5, 0.6) is 0 Å². The Kier molecular flexibility index (Phi) is 7.00. The second-order valence-corrected chi connectivity index (χ2v) is 11.3. The normalized spacial score (nSPS) is 17.4. The minimum atomic E-state index is -0.0801. The summed E-state index contributed by atoms with van der Waals surface area (Å²) in [5.41, 5.74) is 3.07. The number of carbonyl (C=O) groups is 1. The van der Waals surface area contributed by atoms with Gasteiger partial charge < -0.3 is 10.3 Å². The SMILES string of the molecule is O=C(NC1CCCCC1)c1ccc2c(=O)n(C3CCCCC3)c(SCc3nc4ccccc4[nH]3)nc2c1. The molecule has 2 aromatic heterocycles. The van der Waals surface area contributed by atoms with E-state index in [2.05, 4.69) is 10.3 Å². The standard InChI is InChI=1S/C29H33N5O2S/c35-27(30-20-9-3-1-4-10-20)19-15-16-22-25(17-19)33-29(34(28(22)36)21-11-5-2-6-12-21)37-18-26-31-23-13-7-8-14-24(23)32-26/h7-8,13-17,20-21H,1-6,9-12,18H2,(H,30,35)(H,31,32). The van der Waals surface area contributed by atoms with Crippen LogP contribution in [0.15, 0.2) is 52.4 Å². The first-order valence-electron chi connectivity index (χ1n) is 13.6. The molecule has 2 aliphatic rings. The van der Waals surface area contributed by atoms with Gasteiger partial charge in [0.2, 0.25) is 0 Å². The van der Waals surface area contributed by atoms with E-state index in [1.165, 1.54) is 24.6 Å². The molecule has 7 nitrogen and oxygen atoms in total. The van der Waals surface area contributed by atoms with Crippen molar-refractivity contribution in [2.45, 2.75) is 87.2 Å². The smallest absolute Gasteiger partial charge is 0.262 e. The van der Waals surface area contributed by atoms with Crippen molar-refractivity contribution in [1.82, 2.24) is 24.8 Å². The number of imidazole rings is 1. The Morgan fingerprint density at radius 3 is 2.49 bits per heavy atom. The maximum Gasteiger partial charge on any atom is 0.262 e. The Labute approximate surface area is 220 Å². The van der Waals surface area contributed by atoms with E-state index in [-0.39, 0.29) is 23.6 Å². The monoisotopic (exact) mass is 515 g/mol. The topological polar surface area (TPSA) is 92.7 Å². The third kappa shape index (κ3) is 5.17. The van der Waals surface area contributed by atoms with Crippen molar-refractivity contribution < 1.29 is 4.79 Å². The lowest BCUT2D eigenvalue weighted by Gasteiger charge is -2.26. The van der Waals surface area contributed by atoms with E-state index in [1.54, 1.807) is 18.2 Å². The van der Waals surface area contributed by atoms with Crippen LogP contribution in [0, 0.1) is 0 Å². The first-order chi connectivity index (χ1) is 18.2. The van der Waals surface area contributed by atoms with E-state index < -0.39 is 0 Å². The van der Waals surface area contributed by atoms with Gasteiger partial charge in [-0.25, -0.2) is 9.97 Å². The fraction of sp³-hybridized carbons (Fsp3) is 0.448. The lowest BCUT2D eigenvalue weighted by Crippen LogP contribution is -2.36. The molecular formula is C29H33N5O2S. The third-order valence-electron chi connectivity index (χ3n) is 7.79. The number of thioether (sulfide) groups is 1. The predicted molar refractivity (Wildman–Crippen MR) is 148 cm³/mol. The van der Waals surface area contributed by atoms with Crippen LogP contribution in [-0.2, 0) is 5.75 Å². The molecule has 0 radical (unpaired) electrons. The molecule has 0 saturated heterocycles. The number of H-pyrrole nitrogens is 1. The third-order valence-corrected chi connectivity index (χ3v) is 8.75. The molecule has 192 valence electrons. The van der Waals surface area contributed by atoms with Crippen molar-refractivity contribution in [2.75, 3.05) is 0 Å². The Bertz CT molecular complexity index is 1450. The average molecular weight is 516 g/mol. The van der Waals surface area contributed by atoms with Crippen LogP contribution in [-0.4, -0.2) is 31.5 Å². The molecule has 37 heavy (non-hydrogen) atoms. The van der Waals surface area contributed by atoms with Gasteiger partial charge in [0.1, 0.15) is 5.82 Å². The van der Waals surface area contributed by atoms with E-state index >= 15 is 0 Å². The molecular weight excluding hydrogens is 482 g/mol. The summed E-state index contributed by atoms with van der Waals surface area (Å²) >= 11 is 1.54. The van der Waals surface area contributed by atoms with Crippen molar-refractivity contribution >= 4 is 39.6 Å². The summed E-state index contributed by atoms with van der Waals surface area (Å²) in [4.78, 5) is 39.8. The van der Waals surface area contributed by atoms with Crippen molar-refractivity contribution in [3.05, 3.63) is 64.2 Å². The van der Waals surface area contributed by atoms with E-state index in [1.807, 2.05) is 28.8 Å². The Morgan fingerprint density at radius 1 is 0.946 bits per heavy atom. The van der Waals surface area contributed by atoms with Crippen LogP contribution < -0.4 is 10.9 Å². The lowest BCUT2D eigenvalue weighted by atomic mass is 9.95. The molecule has 2 aliphatic carbocycles. The lowest BCUT2D eigenvalue weighted by molar-refractivity contribution is 0.0928. The molecule has 2 N–H and O–H groups in total. The fourth-order valence-electron chi connectivity index (χ4n) is 5.81. The van der Waals surface area contributed by atoms with E-state index in [0.29, 0.717) is 27.4 Å². The molecule has 0 aliphatic heterocycles. The summed E-state index contributed by atoms with van der Waals surface area (Å²) in [6, 6.07) is 13.7. The number of hydrogen-bond acceptors (Lipinski definition) is 5. The van der Waals surface area contributed by atoms with Crippen molar-refractivity contribution in [1.29, 1.82) is 0 Å². The number of carbonyl (C=O) groups excluding carboxylic acids is 1. The number of benzene rings is 2. The predicted octanol–water partition coefficient (Wildman–Crippen LogP) is 6.13. The molecule has 4 aromatic rings. The highest BCUT2D eigenvalue weighted by Gasteiger charge is 2.23.